The second-order valence-corrected chi connectivity index (χ2v) is 7.16. The molecule has 0 fully saturated rings. The first-order chi connectivity index (χ1) is 14.5. The van der Waals surface area contributed by atoms with Crippen LogP contribution >= 0.6 is 0 Å². The topological polar surface area (TPSA) is 123 Å². The van der Waals surface area contributed by atoms with Crippen LogP contribution in [0.1, 0.15) is 11.1 Å². The highest BCUT2D eigenvalue weighted by molar-refractivity contribution is 6.02. The highest BCUT2D eigenvalue weighted by Gasteiger charge is 2.31. The van der Waals surface area contributed by atoms with Crippen molar-refractivity contribution in [3.8, 4) is 11.5 Å². The van der Waals surface area contributed by atoms with Crippen LogP contribution in [0.2, 0.25) is 0 Å². The van der Waals surface area contributed by atoms with Crippen LogP contribution in [0.5, 0.6) is 11.5 Å². The van der Waals surface area contributed by atoms with Gasteiger partial charge in [0, 0.05) is 18.3 Å². The lowest BCUT2D eigenvalue weighted by Crippen LogP contribution is -2.52. The van der Waals surface area contributed by atoms with Gasteiger partial charge >= 0.3 is 6.03 Å². The number of hydrogen-bond acceptors (Lipinski definition) is 6. The summed E-state index contributed by atoms with van der Waals surface area (Å²) in [5.74, 6) is 0.0986. The van der Waals surface area contributed by atoms with E-state index in [1.165, 1.54) is 0 Å². The van der Waals surface area contributed by atoms with E-state index in [0.29, 0.717) is 43.4 Å². The highest BCUT2D eigenvalue weighted by atomic mass is 16.6. The normalized spacial score (nSPS) is 17.5. The summed E-state index contributed by atoms with van der Waals surface area (Å²) in [5, 5.41) is 4.88. The number of nitrogens with two attached hydrogens (primary N) is 1. The standard InChI is InChI=1S/C21H22N4O5/c22-20(27)16-9-13-3-1-2-4-14(13)11-25(16)12-19(26)24-21(28)23-15-5-6-17-18(10-15)30-8-7-29-17/h1-6,10,16H,7-9,11-12H2,(H2,22,27)(H2,23,24,26,28)/t16-/m0/s1. The molecule has 0 aromatic heterocycles. The molecule has 156 valence electrons. The third-order valence-electron chi connectivity index (χ3n) is 5.07. The predicted octanol–water partition coefficient (Wildman–Crippen LogP) is 1.02. The van der Waals surface area contributed by atoms with Crippen molar-refractivity contribution in [2.24, 2.45) is 5.73 Å². The fraction of sp³-hybridized carbons (Fsp3) is 0.286. The summed E-state index contributed by atoms with van der Waals surface area (Å²) in [7, 11) is 0. The first-order valence-electron chi connectivity index (χ1n) is 9.60. The summed E-state index contributed by atoms with van der Waals surface area (Å²) in [6.07, 6.45) is 0.433. The maximum atomic E-state index is 12.4. The molecular formula is C21H22N4O5. The summed E-state index contributed by atoms with van der Waals surface area (Å²) in [5.41, 5.74) is 8.07. The summed E-state index contributed by atoms with van der Waals surface area (Å²) >= 11 is 0. The van der Waals surface area contributed by atoms with Gasteiger partial charge < -0.3 is 20.5 Å². The van der Waals surface area contributed by atoms with Gasteiger partial charge in [-0.1, -0.05) is 24.3 Å². The number of anilines is 1. The number of carbonyl (C=O) groups excluding carboxylic acids is 3. The van der Waals surface area contributed by atoms with Crippen LogP contribution < -0.4 is 25.8 Å². The Morgan fingerprint density at radius 3 is 2.53 bits per heavy atom. The number of nitrogens with zero attached hydrogens (tertiary/aromatic N) is 1. The minimum absolute atomic E-state index is 0.128. The van der Waals surface area contributed by atoms with Crippen molar-refractivity contribution >= 4 is 23.5 Å². The molecule has 0 unspecified atom stereocenters. The second kappa shape index (κ2) is 8.42. The van der Waals surface area contributed by atoms with E-state index >= 15 is 0 Å². The zero-order chi connectivity index (χ0) is 21.1. The molecule has 9 heteroatoms. The Bertz CT molecular complexity index is 993. The maximum Gasteiger partial charge on any atom is 0.325 e. The van der Waals surface area contributed by atoms with Crippen molar-refractivity contribution in [3.63, 3.8) is 0 Å². The average molecular weight is 410 g/mol. The number of urea groups is 1. The fourth-order valence-corrected chi connectivity index (χ4v) is 3.66. The van der Waals surface area contributed by atoms with Gasteiger partial charge in [-0.05, 0) is 29.7 Å². The number of rotatable bonds is 4. The van der Waals surface area contributed by atoms with Crippen LogP contribution in [-0.4, -0.2) is 48.5 Å². The van der Waals surface area contributed by atoms with E-state index in [0.717, 1.165) is 11.1 Å². The lowest BCUT2D eigenvalue weighted by molar-refractivity contribution is -0.127. The largest absolute Gasteiger partial charge is 0.486 e. The molecule has 0 saturated heterocycles. The molecule has 0 spiro atoms. The first kappa shape index (κ1) is 19.7. The van der Waals surface area contributed by atoms with Gasteiger partial charge in [-0.2, -0.15) is 0 Å². The number of nitrogens with one attached hydrogen (secondary N) is 2. The predicted molar refractivity (Wildman–Crippen MR) is 108 cm³/mol. The molecule has 2 aromatic rings. The lowest BCUT2D eigenvalue weighted by Gasteiger charge is -2.34. The lowest BCUT2D eigenvalue weighted by atomic mass is 9.93. The van der Waals surface area contributed by atoms with Crippen LogP contribution in [0.4, 0.5) is 10.5 Å². The number of amides is 4. The number of primary amides is 1. The van der Waals surface area contributed by atoms with E-state index in [4.69, 9.17) is 15.2 Å². The van der Waals surface area contributed by atoms with Crippen molar-refractivity contribution in [2.45, 2.75) is 19.0 Å². The van der Waals surface area contributed by atoms with E-state index in [1.807, 2.05) is 24.3 Å². The van der Waals surface area contributed by atoms with E-state index < -0.39 is 23.9 Å². The Labute approximate surface area is 173 Å². The molecule has 0 radical (unpaired) electrons. The molecule has 0 bridgehead atoms. The quantitative estimate of drug-likeness (QED) is 0.692. The van der Waals surface area contributed by atoms with Gasteiger partial charge in [-0.15, -0.1) is 0 Å². The molecule has 4 N–H and O–H groups in total. The number of imide groups is 1. The van der Waals surface area contributed by atoms with Gasteiger partial charge in [-0.3, -0.25) is 19.8 Å². The smallest absolute Gasteiger partial charge is 0.325 e. The van der Waals surface area contributed by atoms with Crippen molar-refractivity contribution in [3.05, 3.63) is 53.6 Å². The monoisotopic (exact) mass is 410 g/mol. The maximum absolute atomic E-state index is 12.4. The zero-order valence-corrected chi connectivity index (χ0v) is 16.2. The molecular weight excluding hydrogens is 388 g/mol. The van der Waals surface area contributed by atoms with Gasteiger partial charge in [0.1, 0.15) is 13.2 Å². The van der Waals surface area contributed by atoms with Crippen molar-refractivity contribution < 1.29 is 23.9 Å². The molecule has 2 aliphatic heterocycles. The molecule has 9 nitrogen and oxygen atoms in total. The van der Waals surface area contributed by atoms with Crippen LogP contribution in [0.25, 0.3) is 0 Å². The van der Waals surface area contributed by atoms with Crippen molar-refractivity contribution in [2.75, 3.05) is 25.1 Å². The minimum atomic E-state index is -0.676. The number of hydrogen-bond donors (Lipinski definition) is 3. The average Bonchev–Trinajstić information content (AvgIpc) is 2.72. The second-order valence-electron chi connectivity index (χ2n) is 7.16. The molecule has 2 heterocycles. The fourth-order valence-electron chi connectivity index (χ4n) is 3.66. The van der Waals surface area contributed by atoms with Gasteiger partial charge in [0.2, 0.25) is 11.8 Å². The number of fused-ring (bicyclic) bond motifs is 2. The molecule has 1 atom stereocenters. The van der Waals surface area contributed by atoms with Gasteiger partial charge in [0.15, 0.2) is 11.5 Å². The number of carbonyl (C=O) groups is 3. The van der Waals surface area contributed by atoms with Crippen LogP contribution in [0.15, 0.2) is 42.5 Å². The van der Waals surface area contributed by atoms with Crippen LogP contribution in [0, 0.1) is 0 Å². The summed E-state index contributed by atoms with van der Waals surface area (Å²) in [4.78, 5) is 38.2. The van der Waals surface area contributed by atoms with Crippen molar-refractivity contribution in [1.82, 2.24) is 10.2 Å². The third-order valence-corrected chi connectivity index (χ3v) is 5.07. The SMILES string of the molecule is NC(=O)[C@@H]1Cc2ccccc2CN1CC(=O)NC(=O)Nc1ccc2c(c1)OCCO2. The summed E-state index contributed by atoms with van der Waals surface area (Å²) in [6, 6.07) is 11.4. The molecule has 4 amide bonds. The molecule has 4 rings (SSSR count). The van der Waals surface area contributed by atoms with Gasteiger partial charge in [0.05, 0.1) is 12.6 Å². The third kappa shape index (κ3) is 4.36. The van der Waals surface area contributed by atoms with E-state index in [1.54, 1.807) is 23.1 Å². The van der Waals surface area contributed by atoms with Crippen molar-refractivity contribution in [1.29, 1.82) is 0 Å². The molecule has 0 saturated carbocycles. The molecule has 30 heavy (non-hydrogen) atoms. The Balaban J connectivity index is 1.36. The van der Waals surface area contributed by atoms with Crippen LogP contribution in [0.3, 0.4) is 0 Å². The number of ether oxygens (including phenoxy) is 2. The molecule has 2 aliphatic rings. The summed E-state index contributed by atoms with van der Waals surface area (Å²) < 4.78 is 10.9. The Morgan fingerprint density at radius 1 is 1.03 bits per heavy atom. The minimum Gasteiger partial charge on any atom is -0.486 e. The van der Waals surface area contributed by atoms with E-state index in [-0.39, 0.29) is 6.54 Å². The van der Waals surface area contributed by atoms with Crippen LogP contribution in [-0.2, 0) is 22.6 Å². The zero-order valence-electron chi connectivity index (χ0n) is 16.2. The van der Waals surface area contributed by atoms with Gasteiger partial charge in [-0.25, -0.2) is 4.79 Å². The molecule has 0 aliphatic carbocycles. The summed E-state index contributed by atoms with van der Waals surface area (Å²) in [6.45, 7) is 1.18. The molecule has 2 aromatic carbocycles. The van der Waals surface area contributed by atoms with E-state index in [2.05, 4.69) is 10.6 Å². The Morgan fingerprint density at radius 2 is 1.77 bits per heavy atom. The highest BCUT2D eigenvalue weighted by Crippen LogP contribution is 2.32. The van der Waals surface area contributed by atoms with Gasteiger partial charge in [0.25, 0.3) is 0 Å². The Kier molecular flexibility index (Phi) is 5.53. The van der Waals surface area contributed by atoms with E-state index in [9.17, 15) is 14.4 Å². The number of benzene rings is 2. The first-order valence-corrected chi connectivity index (χ1v) is 9.60. The Hall–Kier alpha value is -3.59.